The molecule has 0 bridgehead atoms. The van der Waals surface area contributed by atoms with E-state index in [1.807, 2.05) is 0 Å². The zero-order valence-electron chi connectivity index (χ0n) is 64.4. The first kappa shape index (κ1) is 96.1. The van der Waals surface area contributed by atoms with Gasteiger partial charge in [0.05, 0.1) is 26.4 Å². The van der Waals surface area contributed by atoms with Crippen molar-refractivity contribution in [1.29, 1.82) is 0 Å². The molecule has 0 heterocycles. The fourth-order valence-electron chi connectivity index (χ4n) is 12.0. The average Bonchev–Trinajstić information content (AvgIpc) is 0.957. The Labute approximate surface area is 600 Å². The summed E-state index contributed by atoms with van der Waals surface area (Å²) in [6, 6.07) is 0. The Bertz CT molecular complexity index is 1920. The van der Waals surface area contributed by atoms with Crippen molar-refractivity contribution in [3.8, 4) is 0 Å². The van der Waals surface area contributed by atoms with Crippen molar-refractivity contribution in [3.05, 3.63) is 0 Å². The zero-order valence-corrected chi connectivity index (χ0v) is 66.2. The smallest absolute Gasteiger partial charge is 0.462 e. The lowest BCUT2D eigenvalue weighted by molar-refractivity contribution is -0.161. The van der Waals surface area contributed by atoms with Crippen molar-refractivity contribution < 1.29 is 80.2 Å². The fourth-order valence-corrected chi connectivity index (χ4v) is 13.6. The number of carbonyl (C=O) groups is 4. The number of ether oxygens (including phenoxy) is 4. The minimum Gasteiger partial charge on any atom is -0.462 e. The number of hydrogen-bond donors (Lipinski definition) is 3. The summed E-state index contributed by atoms with van der Waals surface area (Å²) in [7, 11) is -9.92. The maximum atomic E-state index is 13.1. The van der Waals surface area contributed by atoms with Crippen LogP contribution < -0.4 is 0 Å². The van der Waals surface area contributed by atoms with Crippen LogP contribution in [0.15, 0.2) is 0 Å². The normalized spacial score (nSPS) is 14.6. The van der Waals surface area contributed by atoms with Gasteiger partial charge in [0.15, 0.2) is 12.2 Å². The van der Waals surface area contributed by atoms with Crippen molar-refractivity contribution in [3.63, 3.8) is 0 Å². The van der Waals surface area contributed by atoms with E-state index in [-0.39, 0.29) is 25.7 Å². The highest BCUT2D eigenvalue weighted by Gasteiger charge is 2.30. The van der Waals surface area contributed by atoms with Crippen LogP contribution in [0.25, 0.3) is 0 Å². The topological polar surface area (TPSA) is 237 Å². The SMILES string of the molecule is CCC(C)CCCCCCCCCCCCC(=O)O[C@H](COC(=O)CCCCCCCCC(C)CC)COP(=O)(O)OC[C@H](O)COP(=O)(O)OC[C@@H](COC(=O)CCCCCCCCCCCCCCCC(C)C)OC(=O)CCCCCCCCCCCCCCCCCC(C)C. The van der Waals surface area contributed by atoms with E-state index in [0.29, 0.717) is 25.7 Å². The van der Waals surface area contributed by atoms with E-state index >= 15 is 0 Å². The second-order valence-electron chi connectivity index (χ2n) is 29.9. The van der Waals surface area contributed by atoms with E-state index in [4.69, 9.17) is 37.0 Å². The molecule has 0 aromatic heterocycles. The highest BCUT2D eigenvalue weighted by atomic mass is 31.2. The quantitative estimate of drug-likeness (QED) is 0.0222. The molecule has 0 spiro atoms. The van der Waals surface area contributed by atoms with Gasteiger partial charge in [-0.25, -0.2) is 9.13 Å². The molecule has 3 N–H and O–H groups in total. The number of carbonyl (C=O) groups excluding carboxylic acids is 4. The molecule has 0 aromatic carbocycles. The van der Waals surface area contributed by atoms with Crippen molar-refractivity contribution in [1.82, 2.24) is 0 Å². The average molecular weight is 1440 g/mol. The number of phosphoric ester groups is 2. The summed E-state index contributed by atoms with van der Waals surface area (Å²) in [5, 5.41) is 10.6. The second-order valence-corrected chi connectivity index (χ2v) is 32.8. The number of hydrogen-bond acceptors (Lipinski definition) is 15. The molecule has 0 aromatic rings. The summed E-state index contributed by atoms with van der Waals surface area (Å²) >= 11 is 0. The van der Waals surface area contributed by atoms with E-state index in [1.165, 1.54) is 199 Å². The molecule has 4 unspecified atom stereocenters. The van der Waals surface area contributed by atoms with Crippen LogP contribution in [0.1, 0.15) is 402 Å². The summed E-state index contributed by atoms with van der Waals surface area (Å²) in [6.45, 7) is 14.3. The largest absolute Gasteiger partial charge is 0.472 e. The van der Waals surface area contributed by atoms with Gasteiger partial charge in [-0.1, -0.05) is 351 Å². The lowest BCUT2D eigenvalue weighted by Crippen LogP contribution is -2.30. The van der Waals surface area contributed by atoms with Gasteiger partial charge in [0.25, 0.3) is 0 Å². The number of esters is 4. The number of phosphoric acid groups is 2. The Morgan fingerprint density at radius 1 is 0.286 bits per heavy atom. The van der Waals surface area contributed by atoms with Crippen LogP contribution in [0.3, 0.4) is 0 Å². The van der Waals surface area contributed by atoms with Crippen molar-refractivity contribution in [2.75, 3.05) is 39.6 Å². The van der Waals surface area contributed by atoms with Gasteiger partial charge in [-0.2, -0.15) is 0 Å². The van der Waals surface area contributed by atoms with E-state index in [0.717, 1.165) is 120 Å². The monoisotopic (exact) mass is 1440 g/mol. The molecule has 0 aliphatic heterocycles. The first-order valence-corrected chi connectivity index (χ1v) is 43.8. The van der Waals surface area contributed by atoms with Crippen LogP contribution in [-0.4, -0.2) is 96.7 Å². The van der Waals surface area contributed by atoms with E-state index < -0.39 is 97.5 Å². The highest BCUT2D eigenvalue weighted by molar-refractivity contribution is 7.47. The van der Waals surface area contributed by atoms with Crippen LogP contribution >= 0.6 is 15.6 Å². The standard InChI is InChI=1S/C79H154O17P2/c1-9-71(7)57-49-41-33-27-23-24-30-36-46-54-62-79(84)96-75(66-90-77(82)60-52-44-38-37-42-50-58-72(8)10-2)68-94-98(87,88)92-64-73(80)63-91-97(85,86)93-67-74(65-89-76(81)59-51-43-34-28-21-18-14-16-20-26-32-40-48-56-70(5)6)95-78(83)61-53-45-35-29-22-17-13-11-12-15-19-25-31-39-47-55-69(3)4/h69-75,80H,9-68H2,1-8H3,(H,85,86)(H,87,88)/t71?,72?,73-,74-,75-/m1/s1. The molecule has 0 radical (unpaired) electrons. The summed E-state index contributed by atoms with van der Waals surface area (Å²) < 4.78 is 68.7. The van der Waals surface area contributed by atoms with Crippen LogP contribution in [0.4, 0.5) is 0 Å². The molecule has 0 aliphatic carbocycles. The molecule has 0 amide bonds. The maximum absolute atomic E-state index is 13.1. The minimum absolute atomic E-state index is 0.105. The summed E-state index contributed by atoms with van der Waals surface area (Å²) in [5.41, 5.74) is 0. The van der Waals surface area contributed by atoms with Gasteiger partial charge in [-0.15, -0.1) is 0 Å². The third kappa shape index (κ3) is 69.8. The van der Waals surface area contributed by atoms with Gasteiger partial charge in [0, 0.05) is 25.7 Å². The number of aliphatic hydroxyl groups is 1. The molecule has 98 heavy (non-hydrogen) atoms. The zero-order chi connectivity index (χ0) is 72.4. The van der Waals surface area contributed by atoms with Crippen LogP contribution in [0.5, 0.6) is 0 Å². The highest BCUT2D eigenvalue weighted by Crippen LogP contribution is 2.45. The molecule has 7 atom stereocenters. The van der Waals surface area contributed by atoms with Crippen LogP contribution in [0, 0.1) is 23.7 Å². The third-order valence-electron chi connectivity index (χ3n) is 19.0. The molecule has 0 rings (SSSR count). The van der Waals surface area contributed by atoms with Crippen molar-refractivity contribution >= 4 is 39.5 Å². The summed E-state index contributed by atoms with van der Waals surface area (Å²) in [5.74, 6) is 1.01. The van der Waals surface area contributed by atoms with Crippen molar-refractivity contribution in [2.45, 2.75) is 420 Å². The molecule has 19 heteroatoms. The van der Waals surface area contributed by atoms with Crippen molar-refractivity contribution in [2.24, 2.45) is 23.7 Å². The molecular weight excluding hydrogens is 1280 g/mol. The van der Waals surface area contributed by atoms with Gasteiger partial charge in [0.1, 0.15) is 19.3 Å². The number of unbranched alkanes of at least 4 members (excludes halogenated alkanes) is 40. The Balaban J connectivity index is 5.26. The fraction of sp³-hybridized carbons (Fsp3) is 0.949. The van der Waals surface area contributed by atoms with Gasteiger partial charge >= 0.3 is 39.5 Å². The molecule has 0 aliphatic rings. The first-order valence-electron chi connectivity index (χ1n) is 40.8. The lowest BCUT2D eigenvalue weighted by atomic mass is 9.99. The van der Waals surface area contributed by atoms with E-state index in [1.54, 1.807) is 0 Å². The molecule has 582 valence electrons. The number of rotatable bonds is 76. The Morgan fingerprint density at radius 3 is 0.724 bits per heavy atom. The minimum atomic E-state index is -4.96. The van der Waals surface area contributed by atoms with Gasteiger partial charge in [-0.05, 0) is 49.4 Å². The molecule has 0 fully saturated rings. The maximum Gasteiger partial charge on any atom is 0.472 e. The second kappa shape index (κ2) is 68.2. The molecule has 0 saturated carbocycles. The molecule has 17 nitrogen and oxygen atoms in total. The third-order valence-corrected chi connectivity index (χ3v) is 20.9. The molecule has 0 saturated heterocycles. The Kier molecular flexibility index (Phi) is 66.8. The van der Waals surface area contributed by atoms with Crippen LogP contribution in [0.2, 0.25) is 0 Å². The lowest BCUT2D eigenvalue weighted by Gasteiger charge is -2.21. The predicted octanol–water partition coefficient (Wildman–Crippen LogP) is 23.2. The number of aliphatic hydroxyl groups excluding tert-OH is 1. The summed E-state index contributed by atoms with van der Waals surface area (Å²) in [6.07, 6.45) is 54.0. The van der Waals surface area contributed by atoms with Gasteiger partial charge in [-0.3, -0.25) is 37.3 Å². The predicted molar refractivity (Wildman–Crippen MR) is 400 cm³/mol. The first-order chi connectivity index (χ1) is 47.2. The van der Waals surface area contributed by atoms with Gasteiger partial charge in [0.2, 0.25) is 0 Å². The van der Waals surface area contributed by atoms with E-state index in [9.17, 15) is 43.2 Å². The Hall–Kier alpha value is -1.94. The Morgan fingerprint density at radius 2 is 0.490 bits per heavy atom. The molecular formula is C79H154O17P2. The van der Waals surface area contributed by atoms with Gasteiger partial charge < -0.3 is 33.8 Å². The van der Waals surface area contributed by atoms with E-state index in [2.05, 4.69) is 55.4 Å². The summed E-state index contributed by atoms with van der Waals surface area (Å²) in [4.78, 5) is 73.0. The van der Waals surface area contributed by atoms with Crippen LogP contribution in [-0.2, 0) is 65.4 Å².